The third-order valence-corrected chi connectivity index (χ3v) is 13.3. The average Bonchev–Trinajstić information content (AvgIpc) is 3.43. The van der Waals surface area contributed by atoms with Crippen molar-refractivity contribution in [2.75, 3.05) is 39.4 Å². The van der Waals surface area contributed by atoms with Gasteiger partial charge in [-0.1, -0.05) is 97.1 Å². The molecule has 1 aliphatic carbocycles. The highest BCUT2D eigenvalue weighted by Crippen LogP contribution is 2.39. The molecule has 0 aliphatic heterocycles. The zero-order valence-corrected chi connectivity index (χ0v) is 42.6. The molecular weight excluding hydrogens is 925 g/mol. The van der Waals surface area contributed by atoms with Crippen molar-refractivity contribution in [1.29, 1.82) is 0 Å². The summed E-state index contributed by atoms with van der Waals surface area (Å²) in [6, 6.07) is 48.1. The van der Waals surface area contributed by atoms with E-state index in [2.05, 4.69) is 82.8 Å². The van der Waals surface area contributed by atoms with Crippen LogP contribution in [-0.4, -0.2) is 80.9 Å². The van der Waals surface area contributed by atoms with Crippen molar-refractivity contribution < 1.29 is 28.5 Å². The van der Waals surface area contributed by atoms with Crippen LogP contribution in [-0.2, 0) is 48.5 Å². The Balaban J connectivity index is 1.17. The molecule has 0 saturated heterocycles. The molecule has 8 bridgehead atoms. The summed E-state index contributed by atoms with van der Waals surface area (Å²) in [6.45, 7) is 10.4. The maximum Gasteiger partial charge on any atom is 0.260 e. The van der Waals surface area contributed by atoms with Gasteiger partial charge >= 0.3 is 0 Å². The van der Waals surface area contributed by atoms with Crippen molar-refractivity contribution in [1.82, 2.24) is 29.7 Å². The number of rotatable bonds is 18. The number of pyridine rings is 4. The zero-order valence-electron chi connectivity index (χ0n) is 42.6. The van der Waals surface area contributed by atoms with Crippen LogP contribution >= 0.6 is 0 Å². The highest BCUT2D eigenvalue weighted by molar-refractivity contribution is 5.78. The summed E-state index contributed by atoms with van der Waals surface area (Å²) in [5.41, 5.74) is 11.8. The maximum absolute atomic E-state index is 13.7. The van der Waals surface area contributed by atoms with Gasteiger partial charge in [-0.15, -0.1) is 0 Å². The zero-order chi connectivity index (χ0) is 51.2. The van der Waals surface area contributed by atoms with Gasteiger partial charge in [-0.05, 0) is 121 Å². The van der Waals surface area contributed by atoms with E-state index in [4.69, 9.17) is 28.9 Å². The number of amides is 2. The molecular formula is C62H62N6O6. The van der Waals surface area contributed by atoms with E-state index in [1.54, 1.807) is 22.2 Å². The van der Waals surface area contributed by atoms with Crippen LogP contribution in [0.1, 0.15) is 83.6 Å². The molecule has 0 spiro atoms. The van der Waals surface area contributed by atoms with Crippen LogP contribution in [0.5, 0.6) is 23.0 Å². The standard InChI is InChI=1S/C62H62N6O6/c1-5-67(6-2)57(69)41-73-61-47-23-15-24-48(61)36-44-20-14-22-46(60(44)72-40-52-28-18-32-56(66-52)54-30-10-12-34-64-54)38-50-26-16-25-49(62(50)74-42-58(70)68(7-3)8-4)37-45-21-13-19-43(35-47)59(45)71-39-51-27-17-31-55(65-51)53-29-9-11-33-63-53/h9-34H,5-8,35-42H2,1-4H3. The van der Waals surface area contributed by atoms with E-state index in [1.165, 1.54) is 0 Å². The lowest BCUT2D eigenvalue weighted by molar-refractivity contribution is -0.133. The fourth-order valence-electron chi connectivity index (χ4n) is 9.56. The second-order valence-corrected chi connectivity index (χ2v) is 18.1. The molecule has 2 amide bonds. The fourth-order valence-corrected chi connectivity index (χ4v) is 9.56. The predicted molar refractivity (Wildman–Crippen MR) is 287 cm³/mol. The van der Waals surface area contributed by atoms with E-state index >= 15 is 0 Å². The molecule has 0 atom stereocenters. The number of fused-ring (bicyclic) bond motifs is 8. The lowest BCUT2D eigenvalue weighted by Crippen LogP contribution is -2.34. The van der Waals surface area contributed by atoms with E-state index in [0.717, 1.165) is 78.7 Å². The normalized spacial score (nSPS) is 11.8. The van der Waals surface area contributed by atoms with E-state index in [0.29, 0.717) is 74.9 Å². The Bertz CT molecular complexity index is 2900. The Labute approximate surface area is 434 Å². The first-order valence-corrected chi connectivity index (χ1v) is 25.6. The van der Waals surface area contributed by atoms with E-state index in [-0.39, 0.29) is 38.2 Å². The molecule has 9 rings (SSSR count). The Hall–Kier alpha value is -8.38. The Morgan fingerprint density at radius 2 is 0.676 bits per heavy atom. The first-order chi connectivity index (χ1) is 36.3. The number of benzene rings is 4. The monoisotopic (exact) mass is 986 g/mol. The van der Waals surface area contributed by atoms with Gasteiger partial charge in [0.05, 0.1) is 34.2 Å². The number of carbonyl (C=O) groups is 2. The van der Waals surface area contributed by atoms with Gasteiger partial charge in [0.25, 0.3) is 11.8 Å². The maximum atomic E-state index is 13.7. The van der Waals surface area contributed by atoms with Crippen LogP contribution in [0.4, 0.5) is 0 Å². The summed E-state index contributed by atoms with van der Waals surface area (Å²) < 4.78 is 27.4. The molecule has 4 aromatic heterocycles. The number of hydrogen-bond donors (Lipinski definition) is 0. The molecule has 4 heterocycles. The van der Waals surface area contributed by atoms with E-state index in [9.17, 15) is 9.59 Å². The number of nitrogens with zero attached hydrogens (tertiary/aromatic N) is 6. The van der Waals surface area contributed by atoms with Crippen LogP contribution in [0, 0.1) is 0 Å². The van der Waals surface area contributed by atoms with Crippen molar-refractivity contribution in [3.8, 4) is 45.8 Å². The second kappa shape index (κ2) is 24.4. The number of carbonyl (C=O) groups excluding carboxylic acids is 2. The first kappa shape index (κ1) is 50.6. The van der Waals surface area contributed by atoms with Gasteiger partial charge < -0.3 is 28.7 Å². The van der Waals surface area contributed by atoms with Crippen LogP contribution < -0.4 is 18.9 Å². The molecule has 0 radical (unpaired) electrons. The number of likely N-dealkylation sites (N-methyl/N-ethyl adjacent to an activating group) is 2. The first-order valence-electron chi connectivity index (χ1n) is 25.6. The van der Waals surface area contributed by atoms with E-state index < -0.39 is 0 Å². The summed E-state index contributed by atoms with van der Waals surface area (Å²) in [6.07, 6.45) is 5.23. The Morgan fingerprint density at radius 3 is 0.973 bits per heavy atom. The predicted octanol–water partition coefficient (Wildman–Crippen LogP) is 10.9. The number of para-hydroxylation sites is 4. The van der Waals surface area contributed by atoms with Crippen molar-refractivity contribution in [2.45, 2.75) is 66.6 Å². The molecule has 12 heteroatoms. The van der Waals surface area contributed by atoms with E-state index in [1.807, 2.05) is 100 Å². The van der Waals surface area contributed by atoms with Gasteiger partial charge in [0, 0.05) is 64.3 Å². The SMILES string of the molecule is CCN(CC)C(=O)COc1c2cccc1Cc1cccc(c1OCc1cccc(-c3ccccn3)n1)Cc1cccc(c1OCC(=O)N(CC)CC)Cc1cccc(c1OCc1cccc(-c3ccccn3)n1)C2. The minimum Gasteiger partial charge on any atom is -0.487 e. The van der Waals surface area contributed by atoms with Gasteiger partial charge in [-0.3, -0.25) is 19.6 Å². The van der Waals surface area contributed by atoms with Crippen molar-refractivity contribution in [3.63, 3.8) is 0 Å². The van der Waals surface area contributed by atoms with Crippen molar-refractivity contribution in [2.24, 2.45) is 0 Å². The lowest BCUT2D eigenvalue weighted by Gasteiger charge is -2.24. The molecule has 0 fully saturated rings. The summed E-state index contributed by atoms with van der Waals surface area (Å²) in [4.78, 5) is 49.9. The highest BCUT2D eigenvalue weighted by atomic mass is 16.5. The van der Waals surface area contributed by atoms with Gasteiger partial charge in [-0.25, -0.2) is 9.97 Å². The molecule has 0 saturated carbocycles. The smallest absolute Gasteiger partial charge is 0.260 e. The van der Waals surface area contributed by atoms with Crippen LogP contribution in [0.2, 0.25) is 0 Å². The number of hydrogen-bond acceptors (Lipinski definition) is 10. The average molecular weight is 987 g/mol. The summed E-state index contributed by atoms with van der Waals surface area (Å²) in [5.74, 6) is 2.51. The quantitative estimate of drug-likeness (QED) is 0.0819. The van der Waals surface area contributed by atoms with Gasteiger partial charge in [-0.2, -0.15) is 0 Å². The van der Waals surface area contributed by atoms with Gasteiger partial charge in [0.2, 0.25) is 0 Å². The van der Waals surface area contributed by atoms with Gasteiger partial charge in [0.1, 0.15) is 36.2 Å². The largest absolute Gasteiger partial charge is 0.487 e. The Morgan fingerprint density at radius 1 is 0.378 bits per heavy atom. The van der Waals surface area contributed by atoms with Crippen molar-refractivity contribution >= 4 is 11.8 Å². The van der Waals surface area contributed by atoms with Crippen LogP contribution in [0.25, 0.3) is 22.8 Å². The third-order valence-electron chi connectivity index (χ3n) is 13.3. The third kappa shape index (κ3) is 12.1. The molecule has 8 aromatic rings. The summed E-state index contributed by atoms with van der Waals surface area (Å²) >= 11 is 0. The minimum atomic E-state index is -0.122. The molecule has 1 aliphatic rings. The molecule has 0 unspecified atom stereocenters. The summed E-state index contributed by atoms with van der Waals surface area (Å²) in [5, 5.41) is 0. The minimum absolute atomic E-state index is 0.0891. The molecule has 0 N–H and O–H groups in total. The molecule has 4 aromatic carbocycles. The lowest BCUT2D eigenvalue weighted by atomic mass is 9.91. The molecule has 376 valence electrons. The number of ether oxygens (including phenoxy) is 4. The van der Waals surface area contributed by atoms with Crippen LogP contribution in [0.15, 0.2) is 158 Å². The highest BCUT2D eigenvalue weighted by Gasteiger charge is 2.24. The van der Waals surface area contributed by atoms with Crippen LogP contribution in [0.3, 0.4) is 0 Å². The molecule has 12 nitrogen and oxygen atoms in total. The number of aromatic nitrogens is 4. The Kier molecular flexibility index (Phi) is 16.6. The van der Waals surface area contributed by atoms with Gasteiger partial charge in [0.15, 0.2) is 13.2 Å². The topological polar surface area (TPSA) is 129 Å². The van der Waals surface area contributed by atoms with Crippen molar-refractivity contribution in [3.05, 3.63) is 214 Å². The molecule has 74 heavy (non-hydrogen) atoms. The second-order valence-electron chi connectivity index (χ2n) is 18.1. The summed E-state index contributed by atoms with van der Waals surface area (Å²) in [7, 11) is 0. The fraction of sp³-hybridized carbons (Fsp3) is 0.258.